The van der Waals surface area contributed by atoms with Crippen molar-refractivity contribution in [2.45, 2.75) is 26.9 Å². The van der Waals surface area contributed by atoms with Gasteiger partial charge in [0.2, 0.25) is 0 Å². The van der Waals surface area contributed by atoms with E-state index in [1.807, 2.05) is 41.4 Å². The third kappa shape index (κ3) is 3.37. The first-order chi connectivity index (χ1) is 13.7. The van der Waals surface area contributed by atoms with Crippen molar-refractivity contribution in [2.75, 3.05) is 6.61 Å². The Morgan fingerprint density at radius 2 is 1.86 bits per heavy atom. The number of aryl methyl sites for hydroxylation is 1. The normalized spacial score (nSPS) is 11.1. The number of hydrogen-bond acceptors (Lipinski definition) is 3. The number of benzene rings is 1. The third-order valence-corrected chi connectivity index (χ3v) is 5.12. The molecule has 0 amide bonds. The number of aromatic nitrogens is 4. The SMILES string of the molecule is Cc1cc(-c2c(-c3ccccc3)ncn2CCO)c(C)n1Cc1cccnc1. The molecule has 4 rings (SSSR count). The van der Waals surface area contributed by atoms with Crippen molar-refractivity contribution in [1.82, 2.24) is 19.1 Å². The summed E-state index contributed by atoms with van der Waals surface area (Å²) in [4.78, 5) is 8.91. The number of rotatable bonds is 6. The summed E-state index contributed by atoms with van der Waals surface area (Å²) in [5.41, 5.74) is 7.74. The van der Waals surface area contributed by atoms with E-state index in [4.69, 9.17) is 0 Å². The summed E-state index contributed by atoms with van der Waals surface area (Å²) in [6, 6.07) is 16.5. The van der Waals surface area contributed by atoms with Gasteiger partial charge in [0.05, 0.1) is 24.3 Å². The molecular formula is C23H24N4O. The molecule has 0 aliphatic heterocycles. The molecule has 1 N–H and O–H groups in total. The fraction of sp³-hybridized carbons (Fsp3) is 0.217. The molecule has 3 aromatic heterocycles. The largest absolute Gasteiger partial charge is 0.395 e. The molecule has 5 nitrogen and oxygen atoms in total. The van der Waals surface area contributed by atoms with Crippen LogP contribution in [0.5, 0.6) is 0 Å². The van der Waals surface area contributed by atoms with Crippen molar-refractivity contribution in [3.63, 3.8) is 0 Å². The van der Waals surface area contributed by atoms with Crippen LogP contribution >= 0.6 is 0 Å². The smallest absolute Gasteiger partial charge is 0.0963 e. The molecule has 0 saturated heterocycles. The number of hydrogen-bond donors (Lipinski definition) is 1. The average Bonchev–Trinajstić information content (AvgIpc) is 3.25. The summed E-state index contributed by atoms with van der Waals surface area (Å²) in [7, 11) is 0. The van der Waals surface area contributed by atoms with Crippen molar-refractivity contribution in [3.8, 4) is 22.5 Å². The highest BCUT2D eigenvalue weighted by Crippen LogP contribution is 2.35. The first-order valence-corrected chi connectivity index (χ1v) is 9.46. The zero-order valence-corrected chi connectivity index (χ0v) is 16.2. The first kappa shape index (κ1) is 18.2. The van der Waals surface area contributed by atoms with Crippen LogP contribution in [-0.4, -0.2) is 30.8 Å². The van der Waals surface area contributed by atoms with E-state index in [2.05, 4.69) is 52.6 Å². The van der Waals surface area contributed by atoms with Crippen molar-refractivity contribution in [2.24, 2.45) is 0 Å². The van der Waals surface area contributed by atoms with E-state index in [0.29, 0.717) is 6.54 Å². The maximum atomic E-state index is 9.53. The van der Waals surface area contributed by atoms with Crippen LogP contribution in [0.2, 0.25) is 0 Å². The molecule has 0 atom stereocenters. The van der Waals surface area contributed by atoms with E-state index in [1.54, 1.807) is 6.20 Å². The summed E-state index contributed by atoms with van der Waals surface area (Å²) in [6.07, 6.45) is 5.52. The zero-order chi connectivity index (χ0) is 19.5. The molecule has 3 heterocycles. The summed E-state index contributed by atoms with van der Waals surface area (Å²) >= 11 is 0. The number of imidazole rings is 1. The Kier molecular flexibility index (Phi) is 5.08. The van der Waals surface area contributed by atoms with Crippen LogP contribution in [0.15, 0.2) is 67.3 Å². The standard InChI is InChI=1S/C23H24N4O/c1-17-13-21(18(2)27(17)15-19-7-6-10-24-14-19)23-22(20-8-4-3-5-9-20)25-16-26(23)11-12-28/h3-10,13-14,16,28H,11-12,15H2,1-2H3. The molecule has 1 aromatic carbocycles. The Morgan fingerprint density at radius 3 is 2.57 bits per heavy atom. The van der Waals surface area contributed by atoms with Gasteiger partial charge < -0.3 is 14.2 Å². The third-order valence-electron chi connectivity index (χ3n) is 5.12. The van der Waals surface area contributed by atoms with Crippen molar-refractivity contribution in [3.05, 3.63) is 84.2 Å². The second-order valence-corrected chi connectivity index (χ2v) is 6.96. The highest BCUT2D eigenvalue weighted by molar-refractivity contribution is 5.80. The molecule has 5 heteroatoms. The lowest BCUT2D eigenvalue weighted by molar-refractivity contribution is 0.276. The summed E-state index contributed by atoms with van der Waals surface area (Å²) in [5, 5.41) is 9.53. The quantitative estimate of drug-likeness (QED) is 0.555. The Bertz CT molecular complexity index is 1060. The number of pyridine rings is 1. The van der Waals surface area contributed by atoms with Gasteiger partial charge in [-0.25, -0.2) is 4.98 Å². The molecule has 0 unspecified atom stereocenters. The molecular weight excluding hydrogens is 348 g/mol. The maximum absolute atomic E-state index is 9.53. The highest BCUT2D eigenvalue weighted by atomic mass is 16.3. The molecule has 0 saturated carbocycles. The Morgan fingerprint density at radius 1 is 1.04 bits per heavy atom. The lowest BCUT2D eigenvalue weighted by atomic mass is 10.0. The Balaban J connectivity index is 1.83. The summed E-state index contributed by atoms with van der Waals surface area (Å²) in [6.45, 7) is 5.64. The van der Waals surface area contributed by atoms with Crippen LogP contribution in [0.1, 0.15) is 17.0 Å². The van der Waals surface area contributed by atoms with Gasteiger partial charge in [-0.15, -0.1) is 0 Å². The van der Waals surface area contributed by atoms with Crippen LogP contribution in [0, 0.1) is 13.8 Å². The second-order valence-electron chi connectivity index (χ2n) is 6.96. The number of aliphatic hydroxyl groups excluding tert-OH is 1. The monoisotopic (exact) mass is 372 g/mol. The van der Waals surface area contributed by atoms with Gasteiger partial charge in [0.1, 0.15) is 0 Å². The average molecular weight is 372 g/mol. The van der Waals surface area contributed by atoms with Gasteiger partial charge in [-0.2, -0.15) is 0 Å². The van der Waals surface area contributed by atoms with Crippen molar-refractivity contribution < 1.29 is 5.11 Å². The van der Waals surface area contributed by atoms with E-state index in [0.717, 1.165) is 29.1 Å². The minimum atomic E-state index is 0.0754. The first-order valence-electron chi connectivity index (χ1n) is 9.46. The van der Waals surface area contributed by atoms with E-state index in [9.17, 15) is 5.11 Å². The Hall–Kier alpha value is -3.18. The van der Waals surface area contributed by atoms with Gasteiger partial charge in [-0.05, 0) is 31.5 Å². The zero-order valence-electron chi connectivity index (χ0n) is 16.2. The minimum absolute atomic E-state index is 0.0754. The molecule has 4 aromatic rings. The molecule has 0 aliphatic rings. The second kappa shape index (κ2) is 7.82. The molecule has 28 heavy (non-hydrogen) atoms. The number of nitrogens with zero attached hydrogens (tertiary/aromatic N) is 4. The lowest BCUT2D eigenvalue weighted by Crippen LogP contribution is -2.06. The molecule has 142 valence electrons. The van der Waals surface area contributed by atoms with E-state index < -0.39 is 0 Å². The molecule has 0 aliphatic carbocycles. The van der Waals surface area contributed by atoms with E-state index in [-0.39, 0.29) is 6.61 Å². The minimum Gasteiger partial charge on any atom is -0.395 e. The van der Waals surface area contributed by atoms with Gasteiger partial charge in [0, 0.05) is 48.0 Å². The van der Waals surface area contributed by atoms with Gasteiger partial charge in [0.15, 0.2) is 0 Å². The Labute approximate surface area is 164 Å². The molecule has 0 bridgehead atoms. The van der Waals surface area contributed by atoms with Crippen LogP contribution in [0.25, 0.3) is 22.5 Å². The molecule has 0 radical (unpaired) electrons. The van der Waals surface area contributed by atoms with Gasteiger partial charge >= 0.3 is 0 Å². The van der Waals surface area contributed by atoms with E-state index >= 15 is 0 Å². The molecule has 0 fully saturated rings. The van der Waals surface area contributed by atoms with Gasteiger partial charge in [0.25, 0.3) is 0 Å². The fourth-order valence-electron chi connectivity index (χ4n) is 3.71. The molecule has 0 spiro atoms. The van der Waals surface area contributed by atoms with Crippen LogP contribution in [0.3, 0.4) is 0 Å². The summed E-state index contributed by atoms with van der Waals surface area (Å²) < 4.78 is 4.34. The van der Waals surface area contributed by atoms with Crippen molar-refractivity contribution >= 4 is 0 Å². The van der Waals surface area contributed by atoms with E-state index in [1.165, 1.54) is 17.0 Å². The predicted molar refractivity (Wildman–Crippen MR) is 111 cm³/mol. The van der Waals surface area contributed by atoms with Gasteiger partial charge in [-0.3, -0.25) is 4.98 Å². The summed E-state index contributed by atoms with van der Waals surface area (Å²) in [5.74, 6) is 0. The van der Waals surface area contributed by atoms with Crippen LogP contribution < -0.4 is 0 Å². The maximum Gasteiger partial charge on any atom is 0.0963 e. The number of aliphatic hydroxyl groups is 1. The van der Waals surface area contributed by atoms with Crippen LogP contribution in [0.4, 0.5) is 0 Å². The predicted octanol–water partition coefficient (Wildman–Crippen LogP) is 4.07. The van der Waals surface area contributed by atoms with Crippen molar-refractivity contribution in [1.29, 1.82) is 0 Å². The highest BCUT2D eigenvalue weighted by Gasteiger charge is 2.20. The van der Waals surface area contributed by atoms with Gasteiger partial charge in [-0.1, -0.05) is 36.4 Å². The topological polar surface area (TPSA) is 55.9 Å². The lowest BCUT2D eigenvalue weighted by Gasteiger charge is -2.12. The fourth-order valence-corrected chi connectivity index (χ4v) is 3.71. The van der Waals surface area contributed by atoms with Crippen LogP contribution in [-0.2, 0) is 13.1 Å².